The first kappa shape index (κ1) is 28.6. The number of nitrogens with one attached hydrogen (secondary N) is 4. The van der Waals surface area contributed by atoms with Gasteiger partial charge in [-0.3, -0.25) is 4.79 Å². The Kier molecular flexibility index (Phi) is 10.8. The maximum absolute atomic E-state index is 13.2. The number of hydrogen-bond acceptors (Lipinski definition) is 7. The van der Waals surface area contributed by atoms with Crippen LogP contribution in [0.2, 0.25) is 15.1 Å². The van der Waals surface area contributed by atoms with Gasteiger partial charge in [0.15, 0.2) is 0 Å². The third kappa shape index (κ3) is 7.76. The summed E-state index contributed by atoms with van der Waals surface area (Å²) in [4.78, 5) is 30.6. The van der Waals surface area contributed by atoms with E-state index in [9.17, 15) is 9.59 Å². The first-order valence-corrected chi connectivity index (χ1v) is 15.9. The van der Waals surface area contributed by atoms with E-state index in [0.717, 1.165) is 18.7 Å². The summed E-state index contributed by atoms with van der Waals surface area (Å²) in [5.41, 5.74) is 1.08. The predicted octanol–water partition coefficient (Wildman–Crippen LogP) is 5.42. The van der Waals surface area contributed by atoms with Crippen molar-refractivity contribution < 1.29 is 14.3 Å². The first-order valence-electron chi connectivity index (χ1n) is 11.0. The normalized spacial score (nSPS) is 11.2. The monoisotopic (exact) mass is 589 g/mol. The van der Waals surface area contributed by atoms with E-state index in [1.54, 1.807) is 12.1 Å². The Hall–Kier alpha value is -1.97. The van der Waals surface area contributed by atoms with Crippen LogP contribution >= 0.6 is 54.2 Å². The summed E-state index contributed by atoms with van der Waals surface area (Å²) >= 11 is 19.8. The third-order valence-corrected chi connectivity index (χ3v) is 8.03. The molecule has 8 nitrogen and oxygen atoms in total. The average Bonchev–Trinajstić information content (AvgIpc) is 3.21. The van der Waals surface area contributed by atoms with Crippen molar-refractivity contribution in [3.05, 3.63) is 66.9 Å². The van der Waals surface area contributed by atoms with E-state index in [1.165, 1.54) is 36.8 Å². The van der Waals surface area contributed by atoms with Crippen molar-refractivity contribution in [1.29, 1.82) is 0 Å². The van der Waals surface area contributed by atoms with Crippen molar-refractivity contribution in [2.24, 2.45) is 0 Å². The van der Waals surface area contributed by atoms with E-state index >= 15 is 0 Å². The standard InChI is InChI=1S/C23H27Cl3N5O3PS/c1-34-17-9-15(25)8-16(22(32)30-18-5-4-14(24)11-28-18)20(17)31-23(33)21-19(26)13(12-36-21)10-27-6-7-29-35(2)3/h4-5,8-9,11-12,27,29H,6-7,10,35H2,1-3H3,(H,31,33)(H,28,30,32). The fraction of sp³-hybridized carbons (Fsp3) is 0.261. The van der Waals surface area contributed by atoms with Gasteiger partial charge in [-0.1, -0.05) is 23.2 Å². The number of carbonyl (C=O) groups excluding carboxylic acids is 2. The summed E-state index contributed by atoms with van der Waals surface area (Å²) in [6.45, 7) is 6.66. The van der Waals surface area contributed by atoms with Gasteiger partial charge < -0.3 is 10.1 Å². The molecule has 0 atom stereocenters. The molecule has 0 fully saturated rings. The van der Waals surface area contributed by atoms with E-state index in [-0.39, 0.29) is 27.8 Å². The van der Waals surface area contributed by atoms with Crippen LogP contribution in [0.3, 0.4) is 0 Å². The van der Waals surface area contributed by atoms with Gasteiger partial charge in [0, 0.05) is 17.3 Å². The molecule has 0 unspecified atom stereocenters. The number of ether oxygens (including phenoxy) is 1. The molecular weight excluding hydrogens is 564 g/mol. The Morgan fingerprint density at radius 3 is 2.50 bits per heavy atom. The Labute approximate surface area is 229 Å². The number of aromatic nitrogens is 1. The first-order chi connectivity index (χ1) is 17.2. The van der Waals surface area contributed by atoms with Gasteiger partial charge in [0.2, 0.25) is 0 Å². The molecular formula is C23H27Cl3N5O3PS. The zero-order valence-electron chi connectivity index (χ0n) is 19.9. The van der Waals surface area contributed by atoms with Crippen molar-refractivity contribution in [2.75, 3.05) is 44.2 Å². The fourth-order valence-electron chi connectivity index (χ4n) is 3.18. The van der Waals surface area contributed by atoms with Crippen molar-refractivity contribution in [3.8, 4) is 5.75 Å². The number of methoxy groups -OCH3 is 1. The average molecular weight is 591 g/mol. The zero-order valence-corrected chi connectivity index (χ0v) is 24.1. The fourth-order valence-corrected chi connectivity index (χ4v) is 5.48. The Morgan fingerprint density at radius 2 is 1.83 bits per heavy atom. The number of anilines is 2. The van der Waals surface area contributed by atoms with Crippen molar-refractivity contribution in [2.45, 2.75) is 6.54 Å². The second kappa shape index (κ2) is 13.5. The summed E-state index contributed by atoms with van der Waals surface area (Å²) in [7, 11) is 0.611. The minimum absolute atomic E-state index is 0.0974. The van der Waals surface area contributed by atoms with Gasteiger partial charge in [-0.25, -0.2) is 4.98 Å². The van der Waals surface area contributed by atoms with Crippen LogP contribution in [0.25, 0.3) is 0 Å². The molecule has 0 aliphatic rings. The number of benzene rings is 1. The molecule has 0 spiro atoms. The molecule has 194 valence electrons. The number of halogens is 3. The molecule has 0 aliphatic heterocycles. The van der Waals surface area contributed by atoms with Crippen molar-refractivity contribution in [3.63, 3.8) is 0 Å². The Balaban J connectivity index is 1.78. The molecule has 0 radical (unpaired) electrons. The van der Waals surface area contributed by atoms with E-state index in [4.69, 9.17) is 39.5 Å². The number of hydrogen-bond donors (Lipinski definition) is 4. The number of nitrogens with zero attached hydrogens (tertiary/aromatic N) is 1. The van der Waals surface area contributed by atoms with Crippen LogP contribution in [0.1, 0.15) is 25.6 Å². The van der Waals surface area contributed by atoms with Crippen LogP contribution in [0.15, 0.2) is 35.8 Å². The number of thiophene rings is 1. The van der Waals surface area contributed by atoms with Crippen LogP contribution in [0.5, 0.6) is 5.75 Å². The molecule has 3 rings (SSSR count). The Bertz CT molecular complexity index is 1220. The molecule has 1 aromatic carbocycles. The van der Waals surface area contributed by atoms with Gasteiger partial charge >= 0.3 is 128 Å². The van der Waals surface area contributed by atoms with Crippen LogP contribution in [0.4, 0.5) is 11.5 Å². The number of amides is 2. The van der Waals surface area contributed by atoms with E-state index < -0.39 is 19.9 Å². The van der Waals surface area contributed by atoms with Gasteiger partial charge in [-0.05, 0) is 18.2 Å². The van der Waals surface area contributed by atoms with Gasteiger partial charge in [-0.2, -0.15) is 0 Å². The van der Waals surface area contributed by atoms with Crippen LogP contribution in [-0.2, 0) is 6.54 Å². The topological polar surface area (TPSA) is 104 Å². The second-order valence-corrected chi connectivity index (χ2v) is 12.8. The molecule has 36 heavy (non-hydrogen) atoms. The van der Waals surface area contributed by atoms with Gasteiger partial charge in [0.1, 0.15) is 5.82 Å². The van der Waals surface area contributed by atoms with Crippen LogP contribution in [0, 0.1) is 0 Å². The van der Waals surface area contributed by atoms with Crippen LogP contribution in [-0.4, -0.2) is 50.3 Å². The predicted molar refractivity (Wildman–Crippen MR) is 154 cm³/mol. The third-order valence-electron chi connectivity index (χ3n) is 4.92. The maximum atomic E-state index is 13.2. The van der Waals surface area contributed by atoms with Crippen LogP contribution < -0.4 is 25.8 Å². The molecule has 0 saturated heterocycles. The van der Waals surface area contributed by atoms with Crippen molar-refractivity contribution in [1.82, 2.24) is 15.4 Å². The molecule has 2 amide bonds. The van der Waals surface area contributed by atoms with E-state index in [2.05, 4.69) is 39.4 Å². The second-order valence-electron chi connectivity index (χ2n) is 7.99. The number of pyridine rings is 1. The quantitative estimate of drug-likeness (QED) is 0.176. The number of rotatable bonds is 11. The molecule has 2 heterocycles. The van der Waals surface area contributed by atoms with Gasteiger partial charge in [0.05, 0.1) is 12.1 Å². The van der Waals surface area contributed by atoms with Gasteiger partial charge in [-0.15, -0.1) is 0 Å². The molecule has 13 heteroatoms. The van der Waals surface area contributed by atoms with Crippen molar-refractivity contribution >= 4 is 77.5 Å². The summed E-state index contributed by atoms with van der Waals surface area (Å²) in [5, 5.41) is 15.1. The van der Waals surface area contributed by atoms with E-state index in [0.29, 0.717) is 21.5 Å². The molecule has 0 saturated carbocycles. The Morgan fingerprint density at radius 1 is 1.06 bits per heavy atom. The van der Waals surface area contributed by atoms with Gasteiger partial charge in [0.25, 0.3) is 5.91 Å². The summed E-state index contributed by atoms with van der Waals surface area (Å²) in [6.07, 6.45) is 1.41. The number of carbonyl (C=O) groups is 2. The zero-order chi connectivity index (χ0) is 26.2. The molecule has 0 bridgehead atoms. The molecule has 3 aromatic rings. The summed E-state index contributed by atoms with van der Waals surface area (Å²) < 4.78 is 5.39. The molecule has 2 aromatic heterocycles. The molecule has 4 N–H and O–H groups in total. The van der Waals surface area contributed by atoms with E-state index in [1.807, 2.05) is 5.38 Å². The SMILES string of the molecule is COc1cc(Cl)cc(C(=O)Nc2ccc(Cl)cn2)c1NC(=O)c1scc(CNCCN[PH2](C)C)c1Cl. The summed E-state index contributed by atoms with van der Waals surface area (Å²) in [6, 6.07) is 6.10. The molecule has 0 aliphatic carbocycles. The summed E-state index contributed by atoms with van der Waals surface area (Å²) in [5.74, 6) is -0.505. The minimum atomic E-state index is -0.808.